The summed E-state index contributed by atoms with van der Waals surface area (Å²) in [6.07, 6.45) is 0.899. The Morgan fingerprint density at radius 2 is 2.05 bits per heavy atom. The van der Waals surface area contributed by atoms with E-state index in [1.807, 2.05) is 26.0 Å². The van der Waals surface area contributed by atoms with Crippen LogP contribution >= 0.6 is 12.2 Å². The van der Waals surface area contributed by atoms with Crippen LogP contribution in [0.4, 0.5) is 0 Å². The predicted molar refractivity (Wildman–Crippen MR) is 80.3 cm³/mol. The average molecular weight is 274 g/mol. The highest BCUT2D eigenvalue weighted by molar-refractivity contribution is 7.71. The fourth-order valence-electron chi connectivity index (χ4n) is 2.19. The first-order chi connectivity index (χ1) is 9.06. The molecule has 1 aromatic carbocycles. The van der Waals surface area contributed by atoms with E-state index in [1.165, 1.54) is 0 Å². The first-order valence-corrected chi connectivity index (χ1v) is 6.72. The highest BCUT2D eigenvalue weighted by atomic mass is 32.1. The van der Waals surface area contributed by atoms with Gasteiger partial charge in [-0.25, -0.2) is 4.98 Å². The van der Waals surface area contributed by atoms with Gasteiger partial charge in [-0.3, -0.25) is 0 Å². The van der Waals surface area contributed by atoms with E-state index in [0.29, 0.717) is 4.64 Å². The number of aryl methyl sites for hydroxylation is 2. The van der Waals surface area contributed by atoms with Gasteiger partial charge in [0.2, 0.25) is 0 Å². The van der Waals surface area contributed by atoms with Gasteiger partial charge in [0.25, 0.3) is 0 Å². The number of nitrogens with zero attached hydrogens (tertiary/aromatic N) is 1. The van der Waals surface area contributed by atoms with Crippen LogP contribution in [-0.4, -0.2) is 17.1 Å². The van der Waals surface area contributed by atoms with Crippen molar-refractivity contribution in [2.45, 2.75) is 27.2 Å². The SMILES string of the molecule is CCc1c(C)[nH]c(-c2ccc(OC)c(C)c2)nc1=S. The fourth-order valence-corrected chi connectivity index (χ4v) is 2.58. The van der Waals surface area contributed by atoms with Gasteiger partial charge in [-0.1, -0.05) is 19.1 Å². The molecule has 0 saturated heterocycles. The smallest absolute Gasteiger partial charge is 0.139 e. The van der Waals surface area contributed by atoms with Crippen molar-refractivity contribution in [2.24, 2.45) is 0 Å². The van der Waals surface area contributed by atoms with E-state index in [4.69, 9.17) is 17.0 Å². The van der Waals surface area contributed by atoms with Crippen molar-refractivity contribution < 1.29 is 4.74 Å². The van der Waals surface area contributed by atoms with Gasteiger partial charge in [0.1, 0.15) is 16.2 Å². The zero-order chi connectivity index (χ0) is 14.0. The van der Waals surface area contributed by atoms with E-state index >= 15 is 0 Å². The molecule has 100 valence electrons. The number of rotatable bonds is 3. The number of benzene rings is 1. The molecule has 0 aliphatic rings. The normalized spacial score (nSPS) is 10.5. The van der Waals surface area contributed by atoms with Crippen LogP contribution in [0.2, 0.25) is 0 Å². The number of ether oxygens (including phenoxy) is 1. The highest BCUT2D eigenvalue weighted by Crippen LogP contribution is 2.24. The minimum Gasteiger partial charge on any atom is -0.496 e. The Hall–Kier alpha value is -1.68. The molecular formula is C15H18N2OS. The highest BCUT2D eigenvalue weighted by Gasteiger charge is 2.07. The lowest BCUT2D eigenvalue weighted by molar-refractivity contribution is 0.412. The summed E-state index contributed by atoms with van der Waals surface area (Å²) in [5.41, 5.74) is 4.31. The Morgan fingerprint density at radius 3 is 2.58 bits per heavy atom. The van der Waals surface area contributed by atoms with Crippen LogP contribution in [0.25, 0.3) is 11.4 Å². The van der Waals surface area contributed by atoms with Crippen LogP contribution in [0.1, 0.15) is 23.7 Å². The van der Waals surface area contributed by atoms with Crippen LogP contribution < -0.4 is 4.74 Å². The van der Waals surface area contributed by atoms with E-state index in [0.717, 1.165) is 40.4 Å². The summed E-state index contributed by atoms with van der Waals surface area (Å²) in [7, 11) is 1.67. The molecule has 0 amide bonds. The number of H-pyrrole nitrogens is 1. The second-order valence-corrected chi connectivity index (χ2v) is 4.92. The molecule has 0 unspecified atom stereocenters. The monoisotopic (exact) mass is 274 g/mol. The molecule has 0 bridgehead atoms. The maximum absolute atomic E-state index is 5.35. The minimum atomic E-state index is 0.683. The van der Waals surface area contributed by atoms with Gasteiger partial charge in [0.05, 0.1) is 7.11 Å². The summed E-state index contributed by atoms with van der Waals surface area (Å²) in [4.78, 5) is 7.82. The third-order valence-electron chi connectivity index (χ3n) is 3.25. The molecule has 19 heavy (non-hydrogen) atoms. The number of methoxy groups -OCH3 is 1. The van der Waals surface area contributed by atoms with Gasteiger partial charge >= 0.3 is 0 Å². The molecule has 0 atom stereocenters. The quantitative estimate of drug-likeness (QED) is 0.860. The van der Waals surface area contributed by atoms with Gasteiger partial charge in [-0.15, -0.1) is 0 Å². The van der Waals surface area contributed by atoms with Crippen LogP contribution in [0.15, 0.2) is 18.2 Å². The molecule has 0 aliphatic heterocycles. The molecule has 4 heteroatoms. The molecular weight excluding hydrogens is 256 g/mol. The van der Waals surface area contributed by atoms with E-state index < -0.39 is 0 Å². The van der Waals surface area contributed by atoms with Crippen molar-refractivity contribution in [3.8, 4) is 17.1 Å². The number of aromatic amines is 1. The second-order valence-electron chi connectivity index (χ2n) is 4.53. The molecule has 0 spiro atoms. The van der Waals surface area contributed by atoms with Crippen molar-refractivity contribution >= 4 is 12.2 Å². The van der Waals surface area contributed by atoms with Crippen LogP contribution in [0.5, 0.6) is 5.75 Å². The zero-order valence-electron chi connectivity index (χ0n) is 11.7. The fraction of sp³-hybridized carbons (Fsp3) is 0.333. The van der Waals surface area contributed by atoms with Gasteiger partial charge < -0.3 is 9.72 Å². The Balaban J connectivity index is 2.54. The van der Waals surface area contributed by atoms with E-state index in [-0.39, 0.29) is 0 Å². The van der Waals surface area contributed by atoms with Crippen LogP contribution in [-0.2, 0) is 6.42 Å². The van der Waals surface area contributed by atoms with Crippen molar-refractivity contribution in [1.82, 2.24) is 9.97 Å². The first-order valence-electron chi connectivity index (χ1n) is 6.31. The number of hydrogen-bond donors (Lipinski definition) is 1. The molecule has 0 radical (unpaired) electrons. The molecule has 0 saturated carbocycles. The van der Waals surface area contributed by atoms with E-state index in [9.17, 15) is 0 Å². The van der Waals surface area contributed by atoms with E-state index in [1.54, 1.807) is 7.11 Å². The lowest BCUT2D eigenvalue weighted by Gasteiger charge is -2.10. The molecule has 2 rings (SSSR count). The molecule has 1 aromatic heterocycles. The Labute approximate surface area is 118 Å². The van der Waals surface area contributed by atoms with Gasteiger partial charge in [-0.2, -0.15) is 0 Å². The van der Waals surface area contributed by atoms with Gasteiger partial charge in [0.15, 0.2) is 0 Å². The largest absolute Gasteiger partial charge is 0.496 e. The van der Waals surface area contributed by atoms with E-state index in [2.05, 4.69) is 23.0 Å². The summed E-state index contributed by atoms with van der Waals surface area (Å²) < 4.78 is 5.95. The zero-order valence-corrected chi connectivity index (χ0v) is 12.5. The lowest BCUT2D eigenvalue weighted by Crippen LogP contribution is -1.99. The van der Waals surface area contributed by atoms with Crippen molar-refractivity contribution in [3.63, 3.8) is 0 Å². The van der Waals surface area contributed by atoms with Gasteiger partial charge in [0, 0.05) is 16.8 Å². The Morgan fingerprint density at radius 1 is 1.32 bits per heavy atom. The number of hydrogen-bond acceptors (Lipinski definition) is 3. The average Bonchev–Trinajstić information content (AvgIpc) is 2.38. The van der Waals surface area contributed by atoms with Crippen LogP contribution in [0.3, 0.4) is 0 Å². The van der Waals surface area contributed by atoms with Crippen molar-refractivity contribution in [3.05, 3.63) is 39.7 Å². The predicted octanol–water partition coefficient (Wildman–Crippen LogP) is 3.99. The summed E-state index contributed by atoms with van der Waals surface area (Å²) in [5, 5.41) is 0. The Kier molecular flexibility index (Phi) is 4.00. The standard InChI is InChI=1S/C15H18N2OS/c1-5-12-10(3)16-14(17-15(12)19)11-6-7-13(18-4)9(2)8-11/h6-8H,5H2,1-4H3,(H,16,17,19). The van der Waals surface area contributed by atoms with Gasteiger partial charge in [-0.05, 0) is 44.0 Å². The third-order valence-corrected chi connectivity index (χ3v) is 3.59. The lowest BCUT2D eigenvalue weighted by atomic mass is 10.1. The van der Waals surface area contributed by atoms with Crippen LogP contribution in [0, 0.1) is 18.5 Å². The molecule has 3 nitrogen and oxygen atoms in total. The van der Waals surface area contributed by atoms with Crippen molar-refractivity contribution in [2.75, 3.05) is 7.11 Å². The summed E-state index contributed by atoms with van der Waals surface area (Å²) in [6.45, 7) is 6.14. The van der Waals surface area contributed by atoms with Crippen molar-refractivity contribution in [1.29, 1.82) is 0 Å². The minimum absolute atomic E-state index is 0.683. The summed E-state index contributed by atoms with van der Waals surface area (Å²) in [5.74, 6) is 1.69. The molecule has 2 aromatic rings. The second kappa shape index (κ2) is 5.53. The number of nitrogens with one attached hydrogen (secondary N) is 1. The molecule has 0 aliphatic carbocycles. The summed E-state index contributed by atoms with van der Waals surface area (Å²) in [6, 6.07) is 5.99. The maximum atomic E-state index is 5.35. The maximum Gasteiger partial charge on any atom is 0.139 e. The third kappa shape index (κ3) is 2.68. The first kappa shape index (κ1) is 13.7. The molecule has 1 N–H and O–H groups in total. The number of aromatic nitrogens is 2. The topological polar surface area (TPSA) is 37.9 Å². The molecule has 0 fully saturated rings. The Bertz CT molecular complexity index is 662. The molecule has 1 heterocycles. The summed E-state index contributed by atoms with van der Waals surface area (Å²) >= 11 is 5.35.